The lowest BCUT2D eigenvalue weighted by Crippen LogP contribution is -2.63. The molecule has 5 rings (SSSR count). The van der Waals surface area contributed by atoms with Crippen molar-refractivity contribution in [2.45, 2.75) is 36.8 Å². The molecular formula is C19H23NO3. The topological polar surface area (TPSA) is 30.9 Å². The number of hydrogen-bond acceptors (Lipinski definition) is 4. The van der Waals surface area contributed by atoms with E-state index in [1.54, 1.807) is 14.2 Å². The molecule has 2 aliphatic heterocycles. The monoisotopic (exact) mass is 313 g/mol. The van der Waals surface area contributed by atoms with Crippen molar-refractivity contribution < 1.29 is 14.2 Å². The number of piperidine rings is 1. The van der Waals surface area contributed by atoms with Gasteiger partial charge in [-0.2, -0.15) is 0 Å². The molecule has 4 aliphatic rings. The van der Waals surface area contributed by atoms with Gasteiger partial charge < -0.3 is 19.1 Å². The van der Waals surface area contributed by atoms with Gasteiger partial charge >= 0.3 is 0 Å². The molecular weight excluding hydrogens is 290 g/mol. The molecule has 1 aromatic rings. The predicted octanol–water partition coefficient (Wildman–Crippen LogP) is 2.50. The van der Waals surface area contributed by atoms with Gasteiger partial charge in [0.15, 0.2) is 17.6 Å². The summed E-state index contributed by atoms with van der Waals surface area (Å²) in [6, 6.07) is 4.91. The van der Waals surface area contributed by atoms with Crippen LogP contribution >= 0.6 is 0 Å². The second kappa shape index (κ2) is 4.44. The van der Waals surface area contributed by atoms with E-state index in [4.69, 9.17) is 14.2 Å². The number of hydrogen-bond donors (Lipinski definition) is 0. The lowest BCUT2D eigenvalue weighted by molar-refractivity contribution is -0.0267. The number of nitrogens with zero attached hydrogens (tertiary/aromatic N) is 1. The van der Waals surface area contributed by atoms with Crippen molar-refractivity contribution in [2.24, 2.45) is 5.92 Å². The Morgan fingerprint density at radius 1 is 1.26 bits per heavy atom. The fraction of sp³-hybridized carbons (Fsp3) is 0.579. The number of rotatable bonds is 2. The number of ether oxygens (including phenoxy) is 3. The molecule has 0 aromatic heterocycles. The molecule has 2 heterocycles. The summed E-state index contributed by atoms with van der Waals surface area (Å²) >= 11 is 0. The third-order valence-electron chi connectivity index (χ3n) is 6.66. The fourth-order valence-electron chi connectivity index (χ4n) is 5.66. The van der Waals surface area contributed by atoms with E-state index < -0.39 is 0 Å². The number of benzene rings is 1. The van der Waals surface area contributed by atoms with Crippen molar-refractivity contribution in [1.29, 1.82) is 0 Å². The molecule has 2 unspecified atom stereocenters. The van der Waals surface area contributed by atoms with E-state index in [2.05, 4.69) is 30.2 Å². The summed E-state index contributed by atoms with van der Waals surface area (Å²) in [6.07, 6.45) is 5.58. The third-order valence-corrected chi connectivity index (χ3v) is 6.66. The maximum Gasteiger partial charge on any atom is 0.166 e. The van der Waals surface area contributed by atoms with Crippen LogP contribution in [0.2, 0.25) is 0 Å². The minimum atomic E-state index is 0.00722. The van der Waals surface area contributed by atoms with Crippen molar-refractivity contribution >= 4 is 0 Å². The molecule has 2 aliphatic carbocycles. The Balaban J connectivity index is 1.80. The predicted molar refractivity (Wildman–Crippen MR) is 87.0 cm³/mol. The van der Waals surface area contributed by atoms with Gasteiger partial charge in [-0.05, 0) is 56.5 Å². The van der Waals surface area contributed by atoms with Gasteiger partial charge in [-0.25, -0.2) is 0 Å². The van der Waals surface area contributed by atoms with Crippen LogP contribution in [0.1, 0.15) is 24.0 Å². The molecule has 4 atom stereocenters. The second-order valence-corrected chi connectivity index (χ2v) is 7.32. The summed E-state index contributed by atoms with van der Waals surface area (Å²) in [4.78, 5) is 2.55. The van der Waals surface area contributed by atoms with E-state index in [0.717, 1.165) is 43.1 Å². The Kier molecular flexibility index (Phi) is 2.65. The summed E-state index contributed by atoms with van der Waals surface area (Å²) in [5.74, 6) is 3.42. The number of likely N-dealkylation sites (N-methyl/N-ethyl adjacent to an activating group) is 1. The zero-order valence-corrected chi connectivity index (χ0v) is 14.0. The maximum atomic E-state index is 6.50. The number of allylic oxidation sites excluding steroid dienone is 1. The molecule has 122 valence electrons. The average Bonchev–Trinajstić information content (AvgIpc) is 2.92. The lowest BCUT2D eigenvalue weighted by Gasteiger charge is -2.56. The maximum absolute atomic E-state index is 6.50. The quantitative estimate of drug-likeness (QED) is 0.839. The van der Waals surface area contributed by atoms with E-state index in [1.807, 2.05) is 0 Å². The van der Waals surface area contributed by atoms with E-state index in [1.165, 1.54) is 11.1 Å². The smallest absolute Gasteiger partial charge is 0.166 e. The molecule has 4 heteroatoms. The standard InChI is InChI=1S/C19H23NO3/c1-20-9-8-19-12-5-7-15(22-3)18(19)23-17-14(21-2)6-4-11(16(17)19)10-13(12)20/h4,6-7,12-13,18H,5,8-10H2,1-3H3/t12?,13-,18+,19?/m0/s1. The van der Waals surface area contributed by atoms with Crippen LogP contribution in [0.15, 0.2) is 24.0 Å². The minimum absolute atomic E-state index is 0.00722. The van der Waals surface area contributed by atoms with Crippen LogP contribution in [0.3, 0.4) is 0 Å². The largest absolute Gasteiger partial charge is 0.497 e. The van der Waals surface area contributed by atoms with Crippen LogP contribution < -0.4 is 9.47 Å². The highest BCUT2D eigenvalue weighted by atomic mass is 16.6. The van der Waals surface area contributed by atoms with Crippen molar-refractivity contribution in [1.82, 2.24) is 4.90 Å². The van der Waals surface area contributed by atoms with Crippen LogP contribution in [0.25, 0.3) is 0 Å². The van der Waals surface area contributed by atoms with Crippen LogP contribution in [-0.2, 0) is 16.6 Å². The number of likely N-dealkylation sites (tertiary alicyclic amines) is 1. The van der Waals surface area contributed by atoms with E-state index >= 15 is 0 Å². The molecule has 23 heavy (non-hydrogen) atoms. The first-order chi connectivity index (χ1) is 11.2. The molecule has 2 bridgehead atoms. The van der Waals surface area contributed by atoms with E-state index in [-0.39, 0.29) is 11.5 Å². The van der Waals surface area contributed by atoms with Gasteiger partial charge in [-0.15, -0.1) is 0 Å². The van der Waals surface area contributed by atoms with Gasteiger partial charge in [0.1, 0.15) is 5.76 Å². The Hall–Kier alpha value is -1.68. The first-order valence-corrected chi connectivity index (χ1v) is 8.52. The van der Waals surface area contributed by atoms with Crippen LogP contribution in [0.5, 0.6) is 11.5 Å². The summed E-state index contributed by atoms with van der Waals surface area (Å²) < 4.78 is 17.8. The Morgan fingerprint density at radius 2 is 2.13 bits per heavy atom. The first kappa shape index (κ1) is 13.7. The van der Waals surface area contributed by atoms with Gasteiger partial charge in [0.25, 0.3) is 0 Å². The molecule has 1 fully saturated rings. The first-order valence-electron chi connectivity index (χ1n) is 8.52. The molecule has 0 radical (unpaired) electrons. The normalized spacial score (nSPS) is 36.8. The van der Waals surface area contributed by atoms with E-state index in [0.29, 0.717) is 12.0 Å². The van der Waals surface area contributed by atoms with Gasteiger partial charge in [0.05, 0.1) is 14.2 Å². The SMILES string of the molecule is COC1=CCC2[C@@H]3Cc4ccc(OC)c5c4C2(CCN3C)[C@@H]1O5. The van der Waals surface area contributed by atoms with Gasteiger partial charge in [0, 0.05) is 17.0 Å². The zero-order chi connectivity index (χ0) is 15.8. The molecule has 1 aromatic carbocycles. The van der Waals surface area contributed by atoms with Gasteiger partial charge in [0.2, 0.25) is 0 Å². The molecule has 4 nitrogen and oxygen atoms in total. The summed E-state index contributed by atoms with van der Waals surface area (Å²) in [6.45, 7) is 1.12. The minimum Gasteiger partial charge on any atom is -0.497 e. The van der Waals surface area contributed by atoms with E-state index in [9.17, 15) is 0 Å². The Labute approximate surface area is 137 Å². The highest BCUT2D eigenvalue weighted by molar-refractivity contribution is 5.62. The summed E-state index contributed by atoms with van der Waals surface area (Å²) in [5.41, 5.74) is 2.92. The van der Waals surface area contributed by atoms with Crippen LogP contribution in [0.4, 0.5) is 0 Å². The summed E-state index contributed by atoms with van der Waals surface area (Å²) in [7, 11) is 5.77. The zero-order valence-electron chi connectivity index (χ0n) is 14.0. The van der Waals surface area contributed by atoms with Crippen molar-refractivity contribution in [3.8, 4) is 11.5 Å². The third kappa shape index (κ3) is 1.46. The Bertz CT molecular complexity index is 713. The molecule has 0 saturated carbocycles. The van der Waals surface area contributed by atoms with Crippen LogP contribution in [-0.4, -0.2) is 44.9 Å². The average molecular weight is 313 g/mol. The second-order valence-electron chi connectivity index (χ2n) is 7.32. The highest BCUT2D eigenvalue weighted by Gasteiger charge is 2.64. The van der Waals surface area contributed by atoms with Gasteiger partial charge in [-0.3, -0.25) is 0 Å². The van der Waals surface area contributed by atoms with Crippen molar-refractivity contribution in [3.63, 3.8) is 0 Å². The number of methoxy groups -OCH3 is 2. The summed E-state index contributed by atoms with van der Waals surface area (Å²) in [5, 5.41) is 0. The van der Waals surface area contributed by atoms with Gasteiger partial charge in [-0.1, -0.05) is 6.07 Å². The molecule has 0 N–H and O–H groups in total. The lowest BCUT2D eigenvalue weighted by atomic mass is 9.53. The van der Waals surface area contributed by atoms with Crippen molar-refractivity contribution in [3.05, 3.63) is 35.1 Å². The van der Waals surface area contributed by atoms with Crippen molar-refractivity contribution in [2.75, 3.05) is 27.8 Å². The molecule has 1 saturated heterocycles. The van der Waals surface area contributed by atoms with Crippen LogP contribution in [0, 0.1) is 5.92 Å². The highest BCUT2D eigenvalue weighted by Crippen LogP contribution is 2.63. The Morgan fingerprint density at radius 3 is 2.91 bits per heavy atom. The fourth-order valence-corrected chi connectivity index (χ4v) is 5.66. The molecule has 0 amide bonds. The molecule has 1 spiro atoms.